The number of hydrogen-bond acceptors (Lipinski definition) is 12. The van der Waals surface area contributed by atoms with E-state index in [9.17, 15) is 9.59 Å². The Morgan fingerprint density at radius 3 is 0.694 bits per heavy atom. The number of carbonyl (C=O) groups excluding carboxylic acids is 2. The number of rotatable bonds is 29. The molecule has 0 radical (unpaired) electrons. The minimum Gasteiger partial charge on any atom is -0.460 e. The van der Waals surface area contributed by atoms with Crippen molar-refractivity contribution in [1.82, 2.24) is 0 Å². The third-order valence-corrected chi connectivity index (χ3v) is 3.88. The Kier molecular flexibility index (Phi) is 27.8. The van der Waals surface area contributed by atoms with Gasteiger partial charge in [-0.05, 0) is 0 Å². The second-order valence-electron chi connectivity index (χ2n) is 6.64. The van der Waals surface area contributed by atoms with Crippen LogP contribution in [0.1, 0.15) is 0 Å². The first-order chi connectivity index (χ1) is 17.7. The highest BCUT2D eigenvalue weighted by atomic mass is 16.6. The summed E-state index contributed by atoms with van der Waals surface area (Å²) in [6, 6.07) is 0. The zero-order chi connectivity index (χ0) is 26.4. The molecule has 12 nitrogen and oxygen atoms in total. The van der Waals surface area contributed by atoms with Crippen molar-refractivity contribution >= 4 is 11.9 Å². The molecule has 0 aromatic carbocycles. The number of hydrogen-bond donors (Lipinski definition) is 0. The van der Waals surface area contributed by atoms with E-state index in [1.54, 1.807) is 0 Å². The molecule has 0 amide bonds. The molecule has 0 atom stereocenters. The summed E-state index contributed by atoms with van der Waals surface area (Å²) < 4.78 is 52.3. The fourth-order valence-corrected chi connectivity index (χ4v) is 2.16. The molecule has 0 aliphatic carbocycles. The first-order valence-corrected chi connectivity index (χ1v) is 11.9. The maximum Gasteiger partial charge on any atom is 0.330 e. The van der Waals surface area contributed by atoms with Crippen molar-refractivity contribution in [1.29, 1.82) is 0 Å². The van der Waals surface area contributed by atoms with Gasteiger partial charge in [0.1, 0.15) is 13.2 Å². The molecular weight excluding hydrogens is 480 g/mol. The van der Waals surface area contributed by atoms with Gasteiger partial charge < -0.3 is 47.4 Å². The Morgan fingerprint density at radius 1 is 0.361 bits per heavy atom. The van der Waals surface area contributed by atoms with Crippen molar-refractivity contribution in [2.45, 2.75) is 0 Å². The second-order valence-corrected chi connectivity index (χ2v) is 6.64. The smallest absolute Gasteiger partial charge is 0.330 e. The minimum atomic E-state index is -0.463. The van der Waals surface area contributed by atoms with Crippen molar-refractivity contribution < 1.29 is 57.0 Å². The van der Waals surface area contributed by atoms with Crippen LogP contribution in [0.4, 0.5) is 0 Å². The fraction of sp³-hybridized carbons (Fsp3) is 0.750. The van der Waals surface area contributed by atoms with Crippen LogP contribution in [0.25, 0.3) is 0 Å². The first kappa shape index (κ1) is 34.1. The van der Waals surface area contributed by atoms with E-state index in [4.69, 9.17) is 47.4 Å². The highest BCUT2D eigenvalue weighted by Crippen LogP contribution is 1.87. The van der Waals surface area contributed by atoms with Crippen LogP contribution >= 0.6 is 0 Å². The Hall–Kier alpha value is -1.90. The van der Waals surface area contributed by atoms with Crippen molar-refractivity contribution in [3.63, 3.8) is 0 Å². The predicted octanol–water partition coefficient (Wildman–Crippen LogP) is 0.578. The molecule has 0 aliphatic heterocycles. The monoisotopic (exact) mass is 522 g/mol. The zero-order valence-corrected chi connectivity index (χ0v) is 21.2. The van der Waals surface area contributed by atoms with Gasteiger partial charge in [-0.3, -0.25) is 0 Å². The van der Waals surface area contributed by atoms with Crippen LogP contribution in [0.2, 0.25) is 0 Å². The average Bonchev–Trinajstić information content (AvgIpc) is 2.89. The van der Waals surface area contributed by atoms with Crippen LogP contribution in [0.3, 0.4) is 0 Å². The molecule has 0 aliphatic rings. The molecule has 0 rings (SSSR count). The SMILES string of the molecule is C=CC(=O)OCCOCCOCCOCCOCCOCCOCCOCCOCCOC(=O)C=C. The van der Waals surface area contributed by atoms with Gasteiger partial charge >= 0.3 is 11.9 Å². The van der Waals surface area contributed by atoms with E-state index >= 15 is 0 Å². The van der Waals surface area contributed by atoms with E-state index in [2.05, 4.69) is 13.2 Å². The van der Waals surface area contributed by atoms with Crippen molar-refractivity contribution in [2.75, 3.05) is 119 Å². The van der Waals surface area contributed by atoms with Crippen LogP contribution in [0.15, 0.2) is 25.3 Å². The molecule has 12 heteroatoms. The molecular formula is C24H42O12. The van der Waals surface area contributed by atoms with Gasteiger partial charge in [0.25, 0.3) is 0 Å². The van der Waals surface area contributed by atoms with Crippen molar-refractivity contribution in [2.24, 2.45) is 0 Å². The van der Waals surface area contributed by atoms with Gasteiger partial charge in [0.05, 0.1) is 106 Å². The molecule has 0 aromatic heterocycles. The molecule has 0 bridgehead atoms. The average molecular weight is 523 g/mol. The van der Waals surface area contributed by atoms with E-state index in [-0.39, 0.29) is 13.2 Å². The van der Waals surface area contributed by atoms with E-state index < -0.39 is 11.9 Å². The summed E-state index contributed by atoms with van der Waals surface area (Å²) in [6.07, 6.45) is 2.22. The molecule has 0 saturated carbocycles. The third kappa shape index (κ3) is 28.3. The van der Waals surface area contributed by atoms with E-state index in [1.807, 2.05) is 0 Å². The van der Waals surface area contributed by atoms with Gasteiger partial charge in [-0.1, -0.05) is 13.2 Å². The summed E-state index contributed by atoms with van der Waals surface area (Å²) in [5, 5.41) is 0. The van der Waals surface area contributed by atoms with Crippen LogP contribution in [-0.2, 0) is 57.0 Å². The van der Waals surface area contributed by atoms with E-state index in [0.29, 0.717) is 106 Å². The topological polar surface area (TPSA) is 126 Å². The molecule has 0 N–H and O–H groups in total. The molecule has 0 aromatic rings. The minimum absolute atomic E-state index is 0.195. The first-order valence-electron chi connectivity index (χ1n) is 11.9. The lowest BCUT2D eigenvalue weighted by Crippen LogP contribution is -2.15. The molecule has 0 saturated heterocycles. The van der Waals surface area contributed by atoms with Crippen LogP contribution in [-0.4, -0.2) is 131 Å². The summed E-state index contributed by atoms with van der Waals surface area (Å²) in [6.45, 7) is 14.1. The van der Waals surface area contributed by atoms with E-state index in [0.717, 1.165) is 12.2 Å². The fourth-order valence-electron chi connectivity index (χ4n) is 2.16. The Balaban J connectivity index is 3.06. The maximum atomic E-state index is 10.8. The normalized spacial score (nSPS) is 10.8. The number of carbonyl (C=O) groups is 2. The summed E-state index contributed by atoms with van der Waals surface area (Å²) in [5.74, 6) is -0.925. The van der Waals surface area contributed by atoms with Gasteiger partial charge in [0.2, 0.25) is 0 Å². The highest BCUT2D eigenvalue weighted by molar-refractivity contribution is 5.81. The number of esters is 2. The van der Waals surface area contributed by atoms with Crippen molar-refractivity contribution in [3.8, 4) is 0 Å². The second kappa shape index (κ2) is 29.3. The lowest BCUT2D eigenvalue weighted by atomic mass is 10.6. The summed E-state index contributed by atoms with van der Waals surface area (Å²) in [4.78, 5) is 21.6. The van der Waals surface area contributed by atoms with Crippen LogP contribution in [0.5, 0.6) is 0 Å². The molecule has 0 fully saturated rings. The summed E-state index contributed by atoms with van der Waals surface area (Å²) >= 11 is 0. The predicted molar refractivity (Wildman–Crippen MR) is 129 cm³/mol. The molecule has 0 spiro atoms. The van der Waals surface area contributed by atoms with Gasteiger partial charge in [-0.25, -0.2) is 9.59 Å². The Labute approximate surface area is 213 Å². The van der Waals surface area contributed by atoms with E-state index in [1.165, 1.54) is 0 Å². The van der Waals surface area contributed by atoms with Crippen LogP contribution < -0.4 is 0 Å². The van der Waals surface area contributed by atoms with Gasteiger partial charge in [0.15, 0.2) is 0 Å². The van der Waals surface area contributed by atoms with Gasteiger partial charge in [-0.15, -0.1) is 0 Å². The Bertz CT molecular complexity index is 483. The lowest BCUT2D eigenvalue weighted by Gasteiger charge is -2.09. The standard InChI is InChI=1S/C24H42O12/c1-3-23(25)35-21-19-33-17-15-31-13-11-29-9-7-27-5-6-28-8-10-30-12-14-32-16-18-34-20-22-36-24(26)4-2/h3-4H,1-2,5-22H2. The molecule has 210 valence electrons. The lowest BCUT2D eigenvalue weighted by molar-refractivity contribution is -0.140. The van der Waals surface area contributed by atoms with Crippen LogP contribution in [0, 0.1) is 0 Å². The van der Waals surface area contributed by atoms with Gasteiger partial charge in [-0.2, -0.15) is 0 Å². The maximum absolute atomic E-state index is 10.8. The third-order valence-electron chi connectivity index (χ3n) is 3.88. The summed E-state index contributed by atoms with van der Waals surface area (Å²) in [5.41, 5.74) is 0. The van der Waals surface area contributed by atoms with Crippen molar-refractivity contribution in [3.05, 3.63) is 25.3 Å². The van der Waals surface area contributed by atoms with Gasteiger partial charge in [0, 0.05) is 12.2 Å². The zero-order valence-electron chi connectivity index (χ0n) is 21.2. The molecule has 0 unspecified atom stereocenters. The molecule has 0 heterocycles. The summed E-state index contributed by atoms with van der Waals surface area (Å²) in [7, 11) is 0. The number of ether oxygens (including phenoxy) is 10. The highest BCUT2D eigenvalue weighted by Gasteiger charge is 1.97. The molecule has 36 heavy (non-hydrogen) atoms. The quantitative estimate of drug-likeness (QED) is 0.0774. The Morgan fingerprint density at radius 2 is 0.528 bits per heavy atom. The largest absolute Gasteiger partial charge is 0.460 e.